The number of benzene rings is 1. The van der Waals surface area contributed by atoms with Crippen molar-refractivity contribution in [3.63, 3.8) is 0 Å². The number of hydrogen-bond acceptors (Lipinski definition) is 14. The maximum atomic E-state index is 12.7. The SMILES string of the molecule is CCC1=C(CCC(O)NCCNC(=O)CCC(NC(=O)c2ccc(NCC3=NC4C(=O)N=C(N)N=C4N=C3)cc2)C(=O)O)C(=O)OC1=O. The predicted molar refractivity (Wildman–Crippen MR) is 172 cm³/mol. The van der Waals surface area contributed by atoms with Gasteiger partial charge in [-0.05, 0) is 49.9 Å². The minimum Gasteiger partial charge on any atom is -0.480 e. The maximum Gasteiger partial charge on any atom is 0.342 e. The fourth-order valence-corrected chi connectivity index (χ4v) is 4.81. The van der Waals surface area contributed by atoms with E-state index in [9.17, 15) is 39.0 Å². The molecule has 0 spiro atoms. The van der Waals surface area contributed by atoms with Crippen molar-refractivity contribution in [1.82, 2.24) is 16.0 Å². The summed E-state index contributed by atoms with van der Waals surface area (Å²) in [5, 5.41) is 30.6. The minimum atomic E-state index is -1.32. The van der Waals surface area contributed by atoms with Crippen LogP contribution in [-0.2, 0) is 28.7 Å². The molecule has 48 heavy (non-hydrogen) atoms. The number of amidine groups is 1. The number of aliphatic imine (C=N–C) groups is 4. The number of guanidine groups is 1. The van der Waals surface area contributed by atoms with Gasteiger partial charge in [0.1, 0.15) is 12.3 Å². The highest BCUT2D eigenvalue weighted by Gasteiger charge is 2.32. The molecule has 0 radical (unpaired) electrons. The van der Waals surface area contributed by atoms with Crippen LogP contribution in [0.2, 0.25) is 0 Å². The number of hydrogen-bond donors (Lipinski definition) is 7. The second kappa shape index (κ2) is 16.3. The Hall–Kier alpha value is -5.62. The first kappa shape index (κ1) is 35.2. The van der Waals surface area contributed by atoms with Gasteiger partial charge in [-0.3, -0.25) is 24.7 Å². The molecule has 3 aliphatic rings. The molecule has 18 nitrogen and oxygen atoms in total. The van der Waals surface area contributed by atoms with Crippen LogP contribution in [0.3, 0.4) is 0 Å². The lowest BCUT2D eigenvalue weighted by molar-refractivity contribution is -0.151. The Bertz CT molecular complexity index is 1630. The lowest BCUT2D eigenvalue weighted by Gasteiger charge is -2.18. The highest BCUT2D eigenvalue weighted by atomic mass is 16.6. The van der Waals surface area contributed by atoms with E-state index < -0.39 is 53.9 Å². The maximum absolute atomic E-state index is 12.7. The summed E-state index contributed by atoms with van der Waals surface area (Å²) in [5.41, 5.74) is 7.31. The number of rotatable bonds is 17. The monoisotopic (exact) mass is 665 g/mol. The smallest absolute Gasteiger partial charge is 0.342 e. The Morgan fingerprint density at radius 1 is 1.02 bits per heavy atom. The number of carboxylic acids is 1. The van der Waals surface area contributed by atoms with E-state index in [-0.39, 0.29) is 68.2 Å². The minimum absolute atomic E-state index is 0.127. The molecule has 0 aliphatic carbocycles. The van der Waals surface area contributed by atoms with Crippen molar-refractivity contribution in [3.8, 4) is 0 Å². The van der Waals surface area contributed by atoms with Crippen molar-refractivity contribution < 1.29 is 43.7 Å². The Kier molecular flexibility index (Phi) is 12.0. The van der Waals surface area contributed by atoms with Crippen molar-refractivity contribution in [1.29, 1.82) is 0 Å². The van der Waals surface area contributed by atoms with Gasteiger partial charge in [-0.25, -0.2) is 19.4 Å². The third-order valence-corrected chi connectivity index (χ3v) is 7.35. The van der Waals surface area contributed by atoms with Crippen LogP contribution in [-0.4, -0.2) is 108 Å². The van der Waals surface area contributed by atoms with E-state index in [2.05, 4.69) is 46.0 Å². The van der Waals surface area contributed by atoms with Crippen molar-refractivity contribution in [2.75, 3.05) is 25.0 Å². The number of carboxylic acid groups (broad SMARTS) is 1. The zero-order valence-electron chi connectivity index (χ0n) is 25.9. The Morgan fingerprint density at radius 2 is 1.75 bits per heavy atom. The Labute approximate surface area is 273 Å². The van der Waals surface area contributed by atoms with Gasteiger partial charge in [0, 0.05) is 41.9 Å². The number of fused-ring (bicyclic) bond motifs is 1. The van der Waals surface area contributed by atoms with E-state index in [0.29, 0.717) is 23.4 Å². The van der Waals surface area contributed by atoms with Gasteiger partial charge in [-0.15, -0.1) is 0 Å². The van der Waals surface area contributed by atoms with Gasteiger partial charge in [-0.1, -0.05) is 6.92 Å². The molecule has 0 fully saturated rings. The Morgan fingerprint density at radius 3 is 2.46 bits per heavy atom. The quantitative estimate of drug-likeness (QED) is 0.0448. The topological polar surface area (TPSA) is 276 Å². The number of cyclic esters (lactones) is 2. The fourth-order valence-electron chi connectivity index (χ4n) is 4.81. The molecule has 3 heterocycles. The van der Waals surface area contributed by atoms with Gasteiger partial charge in [0.15, 0.2) is 11.9 Å². The van der Waals surface area contributed by atoms with Crippen molar-refractivity contribution in [2.45, 2.75) is 57.3 Å². The number of ether oxygens (including phenoxy) is 1. The van der Waals surface area contributed by atoms with E-state index in [0.717, 1.165) is 0 Å². The van der Waals surface area contributed by atoms with Gasteiger partial charge in [0.25, 0.3) is 11.8 Å². The van der Waals surface area contributed by atoms with Crippen LogP contribution in [0.1, 0.15) is 49.4 Å². The van der Waals surface area contributed by atoms with Gasteiger partial charge in [0.05, 0.1) is 18.5 Å². The van der Waals surface area contributed by atoms with Crippen LogP contribution in [0.5, 0.6) is 0 Å². The molecule has 254 valence electrons. The number of aliphatic carboxylic acids is 1. The van der Waals surface area contributed by atoms with Crippen LogP contribution >= 0.6 is 0 Å². The number of amides is 3. The first-order valence-corrected chi connectivity index (χ1v) is 15.1. The summed E-state index contributed by atoms with van der Waals surface area (Å²) in [6.07, 6.45) is 0.750. The zero-order chi connectivity index (χ0) is 34.8. The lowest BCUT2D eigenvalue weighted by atomic mass is 10.0. The van der Waals surface area contributed by atoms with Gasteiger partial charge < -0.3 is 36.6 Å². The highest BCUT2D eigenvalue weighted by molar-refractivity contribution is 6.38. The molecule has 8 N–H and O–H groups in total. The molecule has 3 aliphatic heterocycles. The highest BCUT2D eigenvalue weighted by Crippen LogP contribution is 2.24. The van der Waals surface area contributed by atoms with Crippen LogP contribution < -0.4 is 27.0 Å². The zero-order valence-corrected chi connectivity index (χ0v) is 25.9. The largest absolute Gasteiger partial charge is 0.480 e. The number of esters is 2. The average molecular weight is 666 g/mol. The number of nitrogens with one attached hydrogen (secondary N) is 4. The van der Waals surface area contributed by atoms with Crippen LogP contribution in [0.25, 0.3) is 0 Å². The second-order valence-corrected chi connectivity index (χ2v) is 10.7. The number of carbonyl (C=O) groups is 6. The number of aliphatic hydroxyl groups excluding tert-OH is 1. The first-order valence-electron chi connectivity index (χ1n) is 15.1. The lowest BCUT2D eigenvalue weighted by Crippen LogP contribution is -2.42. The second-order valence-electron chi connectivity index (χ2n) is 10.7. The molecule has 0 saturated carbocycles. The van der Waals surface area contributed by atoms with E-state index >= 15 is 0 Å². The van der Waals surface area contributed by atoms with E-state index in [1.54, 1.807) is 19.1 Å². The molecular weight excluding hydrogens is 630 g/mol. The Balaban J connectivity index is 1.15. The van der Waals surface area contributed by atoms with E-state index in [1.165, 1.54) is 18.3 Å². The van der Waals surface area contributed by atoms with E-state index in [1.807, 2.05) is 0 Å². The number of anilines is 1. The average Bonchev–Trinajstić information content (AvgIpc) is 3.34. The number of aliphatic hydroxyl groups is 1. The third kappa shape index (κ3) is 9.46. The summed E-state index contributed by atoms with van der Waals surface area (Å²) in [6.45, 7) is 2.25. The van der Waals surface area contributed by atoms with Crippen molar-refractivity contribution in [3.05, 3.63) is 41.0 Å². The van der Waals surface area contributed by atoms with Crippen molar-refractivity contribution >= 4 is 65.0 Å². The molecule has 0 bridgehead atoms. The normalized spacial score (nSPS) is 18.2. The molecule has 1 aromatic rings. The first-order chi connectivity index (χ1) is 22.9. The molecule has 3 amide bonds. The van der Waals surface area contributed by atoms with E-state index in [4.69, 9.17) is 5.73 Å². The van der Waals surface area contributed by atoms with Crippen LogP contribution in [0, 0.1) is 0 Å². The molecule has 0 saturated heterocycles. The summed E-state index contributed by atoms with van der Waals surface area (Å²) in [6, 6.07) is 3.93. The molecular formula is C30H35N9O9. The standard InChI is InChI=1S/C30H35N9O9/c1-2-18-19(29(47)48-28(18)46)7-9-21(40)32-11-12-33-22(41)10-8-20(27(44)45)37-25(42)15-3-5-16(6-4-15)34-13-17-14-35-24-23(36-17)26(43)39-30(31)38-24/h3-6,14,20-21,23,32,34,40H,2,7-13H2,1H3,(H,33,41)(H,37,42)(H,44,45)(H2,31,39,43). The summed E-state index contributed by atoms with van der Waals surface area (Å²) in [4.78, 5) is 88.1. The summed E-state index contributed by atoms with van der Waals surface area (Å²) >= 11 is 0. The number of nitrogens with zero attached hydrogens (tertiary/aromatic N) is 4. The van der Waals surface area contributed by atoms with Crippen LogP contribution in [0.4, 0.5) is 5.69 Å². The third-order valence-electron chi connectivity index (χ3n) is 7.35. The molecule has 1 aromatic carbocycles. The fraction of sp³-hybridized carbons (Fsp3) is 0.400. The molecule has 18 heteroatoms. The van der Waals surface area contributed by atoms with Crippen LogP contribution in [0.15, 0.2) is 55.4 Å². The van der Waals surface area contributed by atoms with Gasteiger partial charge in [0.2, 0.25) is 11.9 Å². The number of nitrogens with two attached hydrogens (primary N) is 1. The summed E-state index contributed by atoms with van der Waals surface area (Å²) in [5.74, 6) is -4.31. The van der Waals surface area contributed by atoms with Crippen molar-refractivity contribution in [2.24, 2.45) is 25.7 Å². The molecule has 0 aromatic heterocycles. The summed E-state index contributed by atoms with van der Waals surface area (Å²) < 4.78 is 4.59. The summed E-state index contributed by atoms with van der Waals surface area (Å²) in [7, 11) is 0. The van der Waals surface area contributed by atoms with Gasteiger partial charge in [-0.2, -0.15) is 9.98 Å². The molecule has 3 unspecified atom stereocenters. The molecule has 3 atom stereocenters. The van der Waals surface area contributed by atoms with Gasteiger partial charge >= 0.3 is 17.9 Å². The predicted octanol–water partition coefficient (Wildman–Crippen LogP) is -1.20. The number of carbonyl (C=O) groups excluding carboxylic acids is 5. The molecule has 4 rings (SSSR count).